The van der Waals surface area contributed by atoms with Gasteiger partial charge in [0.2, 0.25) is 0 Å². The number of pyridine rings is 1. The van der Waals surface area contributed by atoms with Crippen molar-refractivity contribution in [3.05, 3.63) is 60.0 Å². The van der Waals surface area contributed by atoms with Crippen molar-refractivity contribution in [1.29, 1.82) is 0 Å². The molecule has 0 radical (unpaired) electrons. The second-order valence-corrected chi connectivity index (χ2v) is 6.95. The van der Waals surface area contributed by atoms with Gasteiger partial charge in [0.25, 0.3) is 11.8 Å². The minimum Gasteiger partial charge on any atom is -0.481 e. The summed E-state index contributed by atoms with van der Waals surface area (Å²) in [5.74, 6) is -1.60. The van der Waals surface area contributed by atoms with Gasteiger partial charge in [0, 0.05) is 30.5 Å². The first-order valence-electron chi connectivity index (χ1n) is 9.24. The second kappa shape index (κ2) is 7.70. The zero-order chi connectivity index (χ0) is 20.4. The number of rotatable bonds is 4. The fourth-order valence-electron chi connectivity index (χ4n) is 3.37. The van der Waals surface area contributed by atoms with E-state index in [4.69, 9.17) is 5.11 Å². The van der Waals surface area contributed by atoms with Gasteiger partial charge in [0.05, 0.1) is 11.5 Å². The molecule has 2 amide bonds. The van der Waals surface area contributed by atoms with Gasteiger partial charge in [0.1, 0.15) is 6.33 Å². The fraction of sp³-hybridized carbons (Fsp3) is 0.250. The molecule has 2 N–H and O–H groups in total. The molecule has 1 aromatic carbocycles. The van der Waals surface area contributed by atoms with Gasteiger partial charge in [-0.1, -0.05) is 0 Å². The Labute approximate surface area is 166 Å². The van der Waals surface area contributed by atoms with Crippen molar-refractivity contribution in [2.45, 2.75) is 12.8 Å². The van der Waals surface area contributed by atoms with E-state index in [0.717, 1.165) is 0 Å². The van der Waals surface area contributed by atoms with Gasteiger partial charge in [-0.25, -0.2) is 0 Å². The highest BCUT2D eigenvalue weighted by Crippen LogP contribution is 2.20. The van der Waals surface area contributed by atoms with Crippen LogP contribution in [0, 0.1) is 5.92 Å². The van der Waals surface area contributed by atoms with E-state index in [1.807, 2.05) is 0 Å². The summed E-state index contributed by atoms with van der Waals surface area (Å²) in [4.78, 5) is 37.8. The van der Waals surface area contributed by atoms with Crippen LogP contribution in [0.25, 0.3) is 5.65 Å². The van der Waals surface area contributed by atoms with Gasteiger partial charge >= 0.3 is 5.97 Å². The molecular weight excluding hydrogens is 374 g/mol. The van der Waals surface area contributed by atoms with Gasteiger partial charge in [-0.05, 0) is 49.2 Å². The Hall–Kier alpha value is -3.75. The maximum Gasteiger partial charge on any atom is 0.306 e. The quantitative estimate of drug-likeness (QED) is 0.699. The number of aliphatic carboxylic acids is 1. The van der Waals surface area contributed by atoms with E-state index in [9.17, 15) is 14.4 Å². The first-order valence-corrected chi connectivity index (χ1v) is 9.24. The topological polar surface area (TPSA) is 117 Å². The Balaban J connectivity index is 1.39. The van der Waals surface area contributed by atoms with Crippen molar-refractivity contribution in [1.82, 2.24) is 19.5 Å². The standard InChI is InChI=1S/C20H19N5O4/c26-18(15-3-6-17-23-21-12-25(17)11-15)22-16-4-1-13(2-5-16)19(27)24-9-7-14(8-10-24)20(28)29/h1-6,11-12,14H,7-10H2,(H,22,26)(H,28,29). The van der Waals surface area contributed by atoms with Crippen LogP contribution in [0.3, 0.4) is 0 Å². The summed E-state index contributed by atoms with van der Waals surface area (Å²) in [6.45, 7) is 0.861. The number of piperidine rings is 1. The van der Waals surface area contributed by atoms with Crippen LogP contribution in [0.15, 0.2) is 48.9 Å². The van der Waals surface area contributed by atoms with E-state index in [1.165, 1.54) is 6.33 Å². The van der Waals surface area contributed by atoms with Crippen LogP contribution in [-0.2, 0) is 4.79 Å². The first kappa shape index (κ1) is 18.6. The van der Waals surface area contributed by atoms with Gasteiger partial charge in [-0.2, -0.15) is 0 Å². The number of likely N-dealkylation sites (tertiary alicyclic amines) is 1. The van der Waals surface area contributed by atoms with Crippen molar-refractivity contribution in [3.8, 4) is 0 Å². The zero-order valence-electron chi connectivity index (χ0n) is 15.5. The first-order chi connectivity index (χ1) is 14.0. The van der Waals surface area contributed by atoms with Crippen LogP contribution in [-0.4, -0.2) is 55.5 Å². The number of fused-ring (bicyclic) bond motifs is 1. The summed E-state index contributed by atoms with van der Waals surface area (Å²) in [7, 11) is 0. The number of nitrogens with one attached hydrogen (secondary N) is 1. The second-order valence-electron chi connectivity index (χ2n) is 6.95. The molecule has 1 saturated heterocycles. The zero-order valence-corrected chi connectivity index (χ0v) is 15.5. The van der Waals surface area contributed by atoms with Crippen LogP contribution >= 0.6 is 0 Å². The van der Waals surface area contributed by atoms with E-state index in [1.54, 1.807) is 51.9 Å². The summed E-state index contributed by atoms with van der Waals surface area (Å²) < 4.78 is 1.66. The fourth-order valence-corrected chi connectivity index (χ4v) is 3.37. The van der Waals surface area contributed by atoms with Crippen molar-refractivity contribution in [2.24, 2.45) is 5.92 Å². The average molecular weight is 393 g/mol. The van der Waals surface area contributed by atoms with E-state index < -0.39 is 5.97 Å². The predicted molar refractivity (Wildman–Crippen MR) is 104 cm³/mol. The van der Waals surface area contributed by atoms with Gasteiger partial charge < -0.3 is 15.3 Å². The molecule has 0 unspecified atom stereocenters. The van der Waals surface area contributed by atoms with Crippen LogP contribution in [0.1, 0.15) is 33.6 Å². The number of amides is 2. The Morgan fingerprint density at radius 3 is 2.38 bits per heavy atom. The van der Waals surface area contributed by atoms with Crippen LogP contribution in [0.5, 0.6) is 0 Å². The van der Waals surface area contributed by atoms with Crippen LogP contribution in [0.4, 0.5) is 5.69 Å². The van der Waals surface area contributed by atoms with Crippen molar-refractivity contribution in [3.63, 3.8) is 0 Å². The van der Waals surface area contributed by atoms with Gasteiger partial charge in [-0.3, -0.25) is 18.8 Å². The Morgan fingerprint density at radius 2 is 1.69 bits per heavy atom. The number of carbonyl (C=O) groups excluding carboxylic acids is 2. The number of carboxylic acid groups (broad SMARTS) is 1. The van der Waals surface area contributed by atoms with Crippen molar-refractivity contribution in [2.75, 3.05) is 18.4 Å². The van der Waals surface area contributed by atoms with Crippen LogP contribution < -0.4 is 5.32 Å². The number of hydrogen-bond acceptors (Lipinski definition) is 5. The summed E-state index contributed by atoms with van der Waals surface area (Å²) >= 11 is 0. The normalized spacial score (nSPS) is 14.7. The SMILES string of the molecule is O=C(Nc1ccc(C(=O)N2CCC(C(=O)O)CC2)cc1)c1ccc2nncn2c1. The number of carboxylic acids is 1. The number of nitrogens with zero attached hydrogens (tertiary/aromatic N) is 4. The molecule has 4 rings (SSSR count). The van der Waals surface area contributed by atoms with Crippen LogP contribution in [0.2, 0.25) is 0 Å². The molecule has 0 saturated carbocycles. The number of hydrogen-bond donors (Lipinski definition) is 2. The van der Waals surface area contributed by atoms with Crippen molar-refractivity contribution < 1.29 is 19.5 Å². The monoisotopic (exact) mass is 393 g/mol. The molecule has 0 atom stereocenters. The number of anilines is 1. The number of benzene rings is 1. The highest BCUT2D eigenvalue weighted by molar-refractivity contribution is 6.04. The van der Waals surface area contributed by atoms with E-state index in [-0.39, 0.29) is 17.7 Å². The third kappa shape index (κ3) is 3.93. The molecule has 1 aliphatic rings. The molecule has 0 bridgehead atoms. The van der Waals surface area contributed by atoms with E-state index in [2.05, 4.69) is 15.5 Å². The highest BCUT2D eigenvalue weighted by atomic mass is 16.4. The van der Waals surface area contributed by atoms with E-state index in [0.29, 0.717) is 48.4 Å². The highest BCUT2D eigenvalue weighted by Gasteiger charge is 2.27. The van der Waals surface area contributed by atoms with Crippen molar-refractivity contribution >= 4 is 29.1 Å². The van der Waals surface area contributed by atoms with Gasteiger partial charge in [0.15, 0.2) is 5.65 Å². The molecule has 29 heavy (non-hydrogen) atoms. The largest absolute Gasteiger partial charge is 0.481 e. The summed E-state index contributed by atoms with van der Waals surface area (Å²) in [5, 5.41) is 19.5. The molecule has 1 fully saturated rings. The predicted octanol–water partition coefficient (Wildman–Crippen LogP) is 1.92. The Morgan fingerprint density at radius 1 is 1.00 bits per heavy atom. The minimum atomic E-state index is -0.805. The third-order valence-electron chi connectivity index (χ3n) is 5.07. The lowest BCUT2D eigenvalue weighted by atomic mass is 9.96. The average Bonchev–Trinajstić information content (AvgIpc) is 3.21. The van der Waals surface area contributed by atoms with E-state index >= 15 is 0 Å². The molecular formula is C20H19N5O4. The molecule has 148 valence electrons. The van der Waals surface area contributed by atoms with Gasteiger partial charge in [-0.15, -0.1) is 10.2 Å². The minimum absolute atomic E-state index is 0.134. The number of aromatic nitrogens is 3. The molecule has 3 heterocycles. The lowest BCUT2D eigenvalue weighted by molar-refractivity contribution is -0.143. The lowest BCUT2D eigenvalue weighted by Gasteiger charge is -2.30. The third-order valence-corrected chi connectivity index (χ3v) is 5.07. The molecule has 9 heteroatoms. The molecule has 9 nitrogen and oxygen atoms in total. The molecule has 0 spiro atoms. The smallest absolute Gasteiger partial charge is 0.306 e. The Kier molecular flexibility index (Phi) is 4.94. The maximum absolute atomic E-state index is 12.6. The molecule has 0 aliphatic carbocycles. The molecule has 1 aliphatic heterocycles. The number of carbonyl (C=O) groups is 3. The summed E-state index contributed by atoms with van der Waals surface area (Å²) in [6.07, 6.45) is 4.09. The maximum atomic E-state index is 12.6. The lowest BCUT2D eigenvalue weighted by Crippen LogP contribution is -2.40. The Bertz CT molecular complexity index is 1070. The molecule has 3 aromatic rings. The summed E-state index contributed by atoms with van der Waals surface area (Å²) in [6, 6.07) is 10.0. The summed E-state index contributed by atoms with van der Waals surface area (Å²) in [5.41, 5.74) is 2.18. The molecule has 2 aromatic heterocycles.